The Morgan fingerprint density at radius 3 is 2.42 bits per heavy atom. The highest BCUT2D eigenvalue weighted by Gasteiger charge is 2.67. The van der Waals surface area contributed by atoms with Crippen LogP contribution in [0.15, 0.2) is 23.5 Å². The zero-order valence-electron chi connectivity index (χ0n) is 19.9. The number of Topliss-reactive ketones (excluding diaryl/α,β-unsaturated/α-hetero) is 2. The summed E-state index contributed by atoms with van der Waals surface area (Å²) < 4.78 is 0. The standard InChI is InChI=1S/C24H29N3O9/c1-8-9-4-5-11(26-13(29)7-27(2)3)19(31)15(9)20(32)17-14(8)18(30)10-6-12(28)16(23(25)35)21(33)24(10,36)22(17)34/h4-5,8,10,14,17-18,22,30-31,33-34,36H,6-7H2,1-3H3,(H2,25,35)(H,26,29)/t8-,10?,14?,17?,18+,22?,24?/m1/s1. The van der Waals surface area contributed by atoms with Crippen LogP contribution in [0.3, 0.4) is 0 Å². The van der Waals surface area contributed by atoms with Crippen molar-refractivity contribution >= 4 is 29.1 Å². The minimum absolute atomic E-state index is 0.0113. The number of fused-ring (bicyclic) bond motifs is 3. The lowest BCUT2D eigenvalue weighted by Gasteiger charge is -2.56. The van der Waals surface area contributed by atoms with Gasteiger partial charge in [0.2, 0.25) is 5.91 Å². The predicted octanol–water partition coefficient (Wildman–Crippen LogP) is -1.22. The van der Waals surface area contributed by atoms with Crippen molar-refractivity contribution in [3.05, 3.63) is 34.6 Å². The number of benzene rings is 1. The van der Waals surface area contributed by atoms with Crippen molar-refractivity contribution in [2.24, 2.45) is 23.5 Å². The third kappa shape index (κ3) is 3.52. The summed E-state index contributed by atoms with van der Waals surface area (Å²) in [6.07, 6.45) is -4.18. The molecular formula is C24H29N3O9. The molecule has 12 heteroatoms. The first kappa shape index (κ1) is 25.8. The molecule has 12 nitrogen and oxygen atoms in total. The lowest BCUT2D eigenvalue weighted by atomic mass is 9.51. The van der Waals surface area contributed by atoms with Crippen LogP contribution in [-0.4, -0.2) is 92.3 Å². The maximum atomic E-state index is 13.7. The van der Waals surface area contributed by atoms with E-state index in [1.54, 1.807) is 25.9 Å². The van der Waals surface area contributed by atoms with Gasteiger partial charge in [0, 0.05) is 18.3 Å². The summed E-state index contributed by atoms with van der Waals surface area (Å²) in [4.78, 5) is 51.7. The number of carbonyl (C=O) groups excluding carboxylic acids is 4. The van der Waals surface area contributed by atoms with Gasteiger partial charge in [-0.2, -0.15) is 0 Å². The molecule has 0 radical (unpaired) electrons. The number of ketones is 2. The maximum absolute atomic E-state index is 13.7. The molecule has 194 valence electrons. The number of hydrogen-bond donors (Lipinski definition) is 7. The van der Waals surface area contributed by atoms with E-state index in [-0.39, 0.29) is 17.8 Å². The number of phenolic OH excluding ortho intramolecular Hbond substituents is 1. The third-order valence-electron chi connectivity index (χ3n) is 7.69. The van der Waals surface area contributed by atoms with Crippen molar-refractivity contribution in [1.82, 2.24) is 4.90 Å². The van der Waals surface area contributed by atoms with E-state index in [4.69, 9.17) is 5.73 Å². The van der Waals surface area contributed by atoms with Crippen LogP contribution in [0.2, 0.25) is 0 Å². The second kappa shape index (κ2) is 8.66. The Morgan fingerprint density at radius 2 is 1.83 bits per heavy atom. The van der Waals surface area contributed by atoms with Gasteiger partial charge in [0.25, 0.3) is 5.91 Å². The van der Waals surface area contributed by atoms with E-state index >= 15 is 0 Å². The van der Waals surface area contributed by atoms with Crippen molar-refractivity contribution in [1.29, 1.82) is 0 Å². The van der Waals surface area contributed by atoms with E-state index in [1.165, 1.54) is 12.1 Å². The number of aliphatic hydroxyl groups excluding tert-OH is 3. The first-order chi connectivity index (χ1) is 16.7. The van der Waals surface area contributed by atoms with Gasteiger partial charge in [-0.05, 0) is 31.6 Å². The summed E-state index contributed by atoms with van der Waals surface area (Å²) >= 11 is 0. The van der Waals surface area contributed by atoms with Crippen LogP contribution in [0.1, 0.15) is 35.2 Å². The Bertz CT molecular complexity index is 1210. The van der Waals surface area contributed by atoms with Crippen LogP contribution in [0, 0.1) is 17.8 Å². The average molecular weight is 504 g/mol. The van der Waals surface area contributed by atoms with E-state index in [1.807, 2.05) is 0 Å². The predicted molar refractivity (Wildman–Crippen MR) is 124 cm³/mol. The minimum Gasteiger partial charge on any atom is -0.508 e. The lowest BCUT2D eigenvalue weighted by molar-refractivity contribution is -0.209. The number of amides is 2. The second-order valence-electron chi connectivity index (χ2n) is 10.1. The number of nitrogens with one attached hydrogen (secondary N) is 1. The van der Waals surface area contributed by atoms with E-state index in [9.17, 15) is 44.7 Å². The number of aromatic hydroxyl groups is 1. The fourth-order valence-corrected chi connectivity index (χ4v) is 6.05. The van der Waals surface area contributed by atoms with Gasteiger partial charge < -0.3 is 41.5 Å². The third-order valence-corrected chi connectivity index (χ3v) is 7.69. The molecular weight excluding hydrogens is 474 g/mol. The van der Waals surface area contributed by atoms with Gasteiger partial charge in [-0.1, -0.05) is 13.0 Å². The van der Waals surface area contributed by atoms with E-state index in [2.05, 4.69) is 5.32 Å². The quantitative estimate of drug-likeness (QED) is 0.192. The van der Waals surface area contributed by atoms with Crippen molar-refractivity contribution in [3.63, 3.8) is 0 Å². The largest absolute Gasteiger partial charge is 0.508 e. The molecule has 0 aliphatic heterocycles. The molecule has 2 amide bonds. The first-order valence-corrected chi connectivity index (χ1v) is 11.4. The highest BCUT2D eigenvalue weighted by atomic mass is 16.4. The summed E-state index contributed by atoms with van der Waals surface area (Å²) in [5, 5.41) is 58.0. The van der Waals surface area contributed by atoms with Crippen LogP contribution in [0.4, 0.5) is 5.69 Å². The summed E-state index contributed by atoms with van der Waals surface area (Å²) in [7, 11) is 3.36. The zero-order valence-corrected chi connectivity index (χ0v) is 19.9. The number of aliphatic hydroxyl groups is 4. The number of hydrogen-bond acceptors (Lipinski definition) is 10. The molecule has 36 heavy (non-hydrogen) atoms. The molecule has 1 saturated carbocycles. The van der Waals surface area contributed by atoms with Crippen LogP contribution in [0.5, 0.6) is 5.75 Å². The number of rotatable bonds is 4. The summed E-state index contributed by atoms with van der Waals surface area (Å²) in [5.74, 6) is -9.81. The molecule has 8 N–H and O–H groups in total. The van der Waals surface area contributed by atoms with Crippen LogP contribution in [-0.2, 0) is 14.4 Å². The van der Waals surface area contributed by atoms with Crippen LogP contribution < -0.4 is 11.1 Å². The Hall–Kier alpha value is -3.32. The lowest BCUT2D eigenvalue weighted by Crippen LogP contribution is -2.69. The van der Waals surface area contributed by atoms with Gasteiger partial charge in [-0.25, -0.2) is 0 Å². The van der Waals surface area contributed by atoms with Crippen molar-refractivity contribution in [2.75, 3.05) is 26.0 Å². The second-order valence-corrected chi connectivity index (χ2v) is 10.1. The number of nitrogens with zero attached hydrogens (tertiary/aromatic N) is 1. The van der Waals surface area contributed by atoms with Gasteiger partial charge in [-0.3, -0.25) is 19.2 Å². The minimum atomic E-state index is -2.71. The van der Waals surface area contributed by atoms with E-state index < -0.39 is 88.4 Å². The fraction of sp³-hybridized carbons (Fsp3) is 0.500. The highest BCUT2D eigenvalue weighted by Crippen LogP contribution is 2.56. The molecule has 0 spiro atoms. The number of primary amides is 1. The normalized spacial score (nSPS) is 33.6. The van der Waals surface area contributed by atoms with Crippen molar-refractivity contribution in [3.8, 4) is 5.75 Å². The topological polar surface area (TPSA) is 211 Å². The Labute approximate surface area is 206 Å². The first-order valence-electron chi connectivity index (χ1n) is 11.4. The van der Waals surface area contributed by atoms with Gasteiger partial charge >= 0.3 is 0 Å². The molecule has 0 bridgehead atoms. The summed E-state index contributed by atoms with van der Waals surface area (Å²) in [6, 6.07) is 2.94. The molecule has 5 unspecified atom stereocenters. The SMILES string of the molecule is C[C@@H]1c2ccc(NC(=O)CN(C)C)c(O)c2C(=O)C2C1[C@@H](O)C1CC(=O)C(C(N)=O)=C(O)C1(O)C2O. The Kier molecular flexibility index (Phi) is 6.20. The van der Waals surface area contributed by atoms with Gasteiger partial charge in [0.1, 0.15) is 23.2 Å². The Balaban J connectivity index is 1.82. The molecule has 1 aromatic carbocycles. The molecule has 0 heterocycles. The number of anilines is 1. The van der Waals surface area contributed by atoms with Crippen LogP contribution in [0.25, 0.3) is 0 Å². The summed E-state index contributed by atoms with van der Waals surface area (Å²) in [5.41, 5.74) is 1.69. The van der Waals surface area contributed by atoms with Crippen molar-refractivity contribution < 1.29 is 44.7 Å². The molecule has 3 aliphatic rings. The Morgan fingerprint density at radius 1 is 1.19 bits per heavy atom. The molecule has 4 rings (SSSR count). The molecule has 0 aromatic heterocycles. The molecule has 1 fully saturated rings. The highest BCUT2D eigenvalue weighted by molar-refractivity contribution is 6.20. The number of carbonyl (C=O) groups is 4. The van der Waals surface area contributed by atoms with E-state index in [0.717, 1.165) is 0 Å². The number of phenols is 1. The fourth-order valence-electron chi connectivity index (χ4n) is 6.05. The van der Waals surface area contributed by atoms with Crippen LogP contribution >= 0.6 is 0 Å². The molecule has 1 aromatic rings. The van der Waals surface area contributed by atoms with Gasteiger partial charge in [0.15, 0.2) is 17.2 Å². The monoisotopic (exact) mass is 503 g/mol. The van der Waals surface area contributed by atoms with Gasteiger partial charge in [-0.15, -0.1) is 0 Å². The van der Waals surface area contributed by atoms with E-state index in [0.29, 0.717) is 5.56 Å². The molecule has 3 aliphatic carbocycles. The molecule has 7 atom stereocenters. The number of likely N-dealkylation sites (N-methyl/N-ethyl adjacent to an activating group) is 1. The molecule has 0 saturated heterocycles. The maximum Gasteiger partial charge on any atom is 0.255 e. The van der Waals surface area contributed by atoms with Crippen molar-refractivity contribution in [2.45, 2.75) is 37.1 Å². The zero-order chi connectivity index (χ0) is 26.9. The van der Waals surface area contributed by atoms with Gasteiger partial charge in [0.05, 0.1) is 29.8 Å². The summed E-state index contributed by atoms with van der Waals surface area (Å²) in [6.45, 7) is 1.67. The average Bonchev–Trinajstić information content (AvgIpc) is 2.77. The number of nitrogens with two attached hydrogens (primary N) is 1. The smallest absolute Gasteiger partial charge is 0.255 e.